The molecule has 7 nitrogen and oxygen atoms in total. The molecule has 0 saturated heterocycles. The summed E-state index contributed by atoms with van der Waals surface area (Å²) in [4.78, 5) is 23.9. The van der Waals surface area contributed by atoms with Gasteiger partial charge < -0.3 is 25.2 Å². The van der Waals surface area contributed by atoms with Crippen LogP contribution in [-0.4, -0.2) is 42.3 Å². The Hall–Kier alpha value is -2.28. The van der Waals surface area contributed by atoms with Crippen LogP contribution in [-0.2, 0) is 14.3 Å². The third kappa shape index (κ3) is 6.62. The van der Waals surface area contributed by atoms with Crippen LogP contribution in [0, 0.1) is 0 Å². The lowest BCUT2D eigenvalue weighted by atomic mass is 10.1. The van der Waals surface area contributed by atoms with Crippen molar-refractivity contribution in [3.05, 3.63) is 18.2 Å². The minimum absolute atomic E-state index is 0.0305. The molecule has 0 heterocycles. The lowest BCUT2D eigenvalue weighted by Gasteiger charge is -2.26. The smallest absolute Gasteiger partial charge is 0.331 e. The van der Waals surface area contributed by atoms with Crippen LogP contribution in [0.1, 0.15) is 40.5 Å². The van der Waals surface area contributed by atoms with Crippen molar-refractivity contribution in [3.8, 4) is 5.75 Å². The van der Waals surface area contributed by atoms with E-state index >= 15 is 0 Å². The Kier molecular flexibility index (Phi) is 8.21. The summed E-state index contributed by atoms with van der Waals surface area (Å²) >= 11 is 0. The molecule has 0 aliphatic rings. The molecule has 1 amide bonds. The van der Waals surface area contributed by atoms with Gasteiger partial charge in [0.2, 0.25) is 5.91 Å². The summed E-state index contributed by atoms with van der Waals surface area (Å²) in [5, 5.41) is 14.7. The number of nitrogens with one attached hydrogen (secondary N) is 2. The first-order valence-corrected chi connectivity index (χ1v) is 8.47. The number of hydrogen-bond donors (Lipinski definition) is 3. The summed E-state index contributed by atoms with van der Waals surface area (Å²) in [5.74, 6) is 0.0110. The van der Waals surface area contributed by atoms with Gasteiger partial charge in [-0.05, 0) is 52.3 Å². The average molecular weight is 352 g/mol. The third-order valence-corrected chi connectivity index (χ3v) is 3.36. The number of esters is 1. The molecule has 0 unspecified atom stereocenters. The molecule has 0 spiro atoms. The fraction of sp³-hybridized carbons (Fsp3) is 0.556. The van der Waals surface area contributed by atoms with Gasteiger partial charge >= 0.3 is 5.97 Å². The van der Waals surface area contributed by atoms with Crippen molar-refractivity contribution >= 4 is 23.3 Å². The summed E-state index contributed by atoms with van der Waals surface area (Å²) in [7, 11) is 0. The van der Waals surface area contributed by atoms with Crippen molar-refractivity contribution in [2.75, 3.05) is 30.5 Å². The Balaban J connectivity index is 2.99. The quantitative estimate of drug-likeness (QED) is 0.560. The van der Waals surface area contributed by atoms with Crippen molar-refractivity contribution in [2.24, 2.45) is 0 Å². The largest absolute Gasteiger partial charge is 0.492 e. The summed E-state index contributed by atoms with van der Waals surface area (Å²) in [6.45, 7) is 7.78. The number of carbonyl (C=O) groups excluding carboxylic acids is 2. The van der Waals surface area contributed by atoms with Gasteiger partial charge in [-0.1, -0.05) is 0 Å². The number of amides is 1. The molecule has 1 aromatic rings. The van der Waals surface area contributed by atoms with Gasteiger partial charge in [-0.25, -0.2) is 4.79 Å². The third-order valence-electron chi connectivity index (χ3n) is 3.36. The minimum atomic E-state index is -0.957. The Labute approximate surface area is 148 Å². The highest BCUT2D eigenvalue weighted by Crippen LogP contribution is 2.31. The summed E-state index contributed by atoms with van der Waals surface area (Å²) in [5.41, 5.74) is 0.204. The zero-order valence-corrected chi connectivity index (χ0v) is 15.3. The maximum atomic E-state index is 12.1. The Morgan fingerprint density at radius 3 is 2.52 bits per heavy atom. The molecule has 25 heavy (non-hydrogen) atoms. The van der Waals surface area contributed by atoms with Crippen LogP contribution in [0.2, 0.25) is 0 Å². The number of benzene rings is 1. The van der Waals surface area contributed by atoms with Crippen molar-refractivity contribution in [2.45, 2.75) is 46.1 Å². The van der Waals surface area contributed by atoms with Crippen molar-refractivity contribution in [1.82, 2.24) is 0 Å². The van der Waals surface area contributed by atoms with E-state index in [1.165, 1.54) is 0 Å². The van der Waals surface area contributed by atoms with Crippen LogP contribution >= 0.6 is 0 Å². The molecule has 0 aliphatic heterocycles. The first kappa shape index (κ1) is 20.8. The highest BCUT2D eigenvalue weighted by atomic mass is 16.5. The van der Waals surface area contributed by atoms with Gasteiger partial charge in [-0.15, -0.1) is 0 Å². The fourth-order valence-electron chi connectivity index (χ4n) is 2.15. The van der Waals surface area contributed by atoms with Gasteiger partial charge in [0.05, 0.1) is 18.9 Å². The highest BCUT2D eigenvalue weighted by Gasteiger charge is 2.30. The summed E-state index contributed by atoms with van der Waals surface area (Å²) in [6.07, 6.45) is 0.644. The van der Waals surface area contributed by atoms with Crippen LogP contribution in [0.3, 0.4) is 0 Å². The lowest BCUT2D eigenvalue weighted by molar-refractivity contribution is -0.147. The van der Waals surface area contributed by atoms with Crippen molar-refractivity contribution in [1.29, 1.82) is 0 Å². The van der Waals surface area contributed by atoms with Crippen molar-refractivity contribution in [3.63, 3.8) is 0 Å². The van der Waals surface area contributed by atoms with E-state index in [-0.39, 0.29) is 24.9 Å². The van der Waals surface area contributed by atoms with E-state index in [0.717, 1.165) is 0 Å². The molecule has 1 rings (SSSR count). The topological polar surface area (TPSA) is 96.9 Å². The number of anilines is 2. The number of aliphatic hydroxyl groups excluding tert-OH is 1. The van der Waals surface area contributed by atoms with Gasteiger partial charge in [0.25, 0.3) is 0 Å². The van der Waals surface area contributed by atoms with Crippen LogP contribution in [0.15, 0.2) is 18.2 Å². The molecule has 0 aliphatic carbocycles. The molecular formula is C18H28N2O5. The molecule has 0 bridgehead atoms. The summed E-state index contributed by atoms with van der Waals surface area (Å²) in [6, 6.07) is 5.17. The SMILES string of the molecule is CCOC(=O)C(C)(C)Nc1cc(NC(=O)CCCO)ccc1OCC. The molecule has 0 saturated carbocycles. The van der Waals surface area contributed by atoms with Crippen LogP contribution in [0.4, 0.5) is 11.4 Å². The maximum Gasteiger partial charge on any atom is 0.331 e. The average Bonchev–Trinajstić information content (AvgIpc) is 2.55. The second-order valence-corrected chi connectivity index (χ2v) is 5.99. The van der Waals surface area contributed by atoms with Gasteiger partial charge in [-0.3, -0.25) is 4.79 Å². The first-order valence-electron chi connectivity index (χ1n) is 8.47. The maximum absolute atomic E-state index is 12.1. The van der Waals surface area contributed by atoms with E-state index < -0.39 is 5.54 Å². The Morgan fingerprint density at radius 1 is 1.20 bits per heavy atom. The van der Waals surface area contributed by atoms with Gasteiger partial charge in [0.15, 0.2) is 0 Å². The number of rotatable bonds is 10. The predicted octanol–water partition coefficient (Wildman–Crippen LogP) is 2.55. The van der Waals surface area contributed by atoms with Crippen LogP contribution < -0.4 is 15.4 Å². The molecule has 0 atom stereocenters. The number of ether oxygens (including phenoxy) is 2. The number of hydrogen-bond acceptors (Lipinski definition) is 6. The van der Waals surface area contributed by atoms with Crippen molar-refractivity contribution < 1.29 is 24.2 Å². The molecular weight excluding hydrogens is 324 g/mol. The zero-order valence-electron chi connectivity index (χ0n) is 15.3. The number of aliphatic hydroxyl groups is 1. The van der Waals surface area contributed by atoms with Gasteiger partial charge in [-0.2, -0.15) is 0 Å². The molecule has 140 valence electrons. The monoisotopic (exact) mass is 352 g/mol. The van der Waals surface area contributed by atoms with Crippen LogP contribution in [0.25, 0.3) is 0 Å². The standard InChI is InChI=1S/C18H28N2O5/c1-5-24-15-10-9-13(19-16(22)8-7-11-21)12-14(15)20-18(3,4)17(23)25-6-2/h9-10,12,20-21H,5-8,11H2,1-4H3,(H,19,22). The highest BCUT2D eigenvalue weighted by molar-refractivity contribution is 5.92. The molecule has 0 fully saturated rings. The fourth-order valence-corrected chi connectivity index (χ4v) is 2.15. The number of carbonyl (C=O) groups is 2. The Morgan fingerprint density at radius 2 is 1.92 bits per heavy atom. The zero-order chi connectivity index (χ0) is 18.9. The van der Waals surface area contributed by atoms with E-state index in [1.807, 2.05) is 6.92 Å². The predicted molar refractivity (Wildman–Crippen MR) is 96.9 cm³/mol. The van der Waals surface area contributed by atoms with Crippen LogP contribution in [0.5, 0.6) is 5.75 Å². The first-order chi connectivity index (χ1) is 11.8. The van der Waals surface area contributed by atoms with E-state index in [9.17, 15) is 9.59 Å². The van der Waals surface area contributed by atoms with Gasteiger partial charge in [0.1, 0.15) is 11.3 Å². The molecule has 7 heteroatoms. The normalized spacial score (nSPS) is 10.9. The Bertz CT molecular complexity index is 587. The molecule has 1 aromatic carbocycles. The minimum Gasteiger partial charge on any atom is -0.492 e. The molecule has 3 N–H and O–H groups in total. The van der Waals surface area contributed by atoms with E-state index in [1.54, 1.807) is 39.0 Å². The van der Waals surface area contributed by atoms with Gasteiger partial charge in [0, 0.05) is 18.7 Å². The molecule has 0 aromatic heterocycles. The second kappa shape index (κ2) is 9.88. The second-order valence-electron chi connectivity index (χ2n) is 5.99. The lowest BCUT2D eigenvalue weighted by Crippen LogP contribution is -2.41. The molecule has 0 radical (unpaired) electrons. The summed E-state index contributed by atoms with van der Waals surface area (Å²) < 4.78 is 10.7. The van der Waals surface area contributed by atoms with E-state index in [2.05, 4.69) is 10.6 Å². The van der Waals surface area contributed by atoms with E-state index in [0.29, 0.717) is 36.8 Å². The van der Waals surface area contributed by atoms with E-state index in [4.69, 9.17) is 14.6 Å².